The Labute approximate surface area is 211 Å². The molecule has 0 atom stereocenters. The fourth-order valence-corrected chi connectivity index (χ4v) is 4.18. The summed E-state index contributed by atoms with van der Waals surface area (Å²) in [5, 5.41) is 3.31. The number of alkyl halides is 3. The molecule has 1 saturated heterocycles. The van der Waals surface area contributed by atoms with Crippen LogP contribution in [-0.4, -0.2) is 59.0 Å². The van der Waals surface area contributed by atoms with Gasteiger partial charge in [0.2, 0.25) is 5.88 Å². The summed E-state index contributed by atoms with van der Waals surface area (Å²) in [6.07, 6.45) is -1.46. The Hall–Kier alpha value is -4.12. The number of nitrogens with one attached hydrogen (secondary N) is 2. The van der Waals surface area contributed by atoms with Gasteiger partial charge in [-0.15, -0.1) is 0 Å². The Morgan fingerprint density at radius 2 is 1.84 bits per heavy atom. The number of benzene rings is 2. The van der Waals surface area contributed by atoms with Gasteiger partial charge in [0, 0.05) is 49.3 Å². The fourth-order valence-electron chi connectivity index (χ4n) is 4.18. The molecule has 5 rings (SSSR count). The highest BCUT2D eigenvalue weighted by Gasteiger charge is 2.32. The zero-order chi connectivity index (χ0) is 26.2. The van der Waals surface area contributed by atoms with Gasteiger partial charge in [-0.25, -0.2) is 9.97 Å². The molecule has 0 spiro atoms. The van der Waals surface area contributed by atoms with Gasteiger partial charge in [0.15, 0.2) is 0 Å². The van der Waals surface area contributed by atoms with Gasteiger partial charge >= 0.3 is 6.18 Å². The van der Waals surface area contributed by atoms with E-state index in [2.05, 4.69) is 25.2 Å². The maximum atomic E-state index is 13.7. The number of nitrogens with zero attached hydrogens (tertiary/aromatic N) is 4. The molecule has 2 aromatic carbocycles. The van der Waals surface area contributed by atoms with Crippen LogP contribution < -0.4 is 15.0 Å². The standard InChI is InChI=1S/C26H25F3N6O2/c1-16-3-4-17(11-22(16)37-25-21-5-6-30-23(21)31-15-32-25)24(36)33-19-12-18(26(27,28)29)13-20(14-19)35-9-7-34(2)8-10-35/h3-6,11-15H,7-10H2,1-2H3,(H,33,36)(H,30,31,32). The molecule has 0 aliphatic carbocycles. The number of likely N-dealkylation sites (N-methyl/N-ethyl adjacent to an activating group) is 1. The topological polar surface area (TPSA) is 86.4 Å². The minimum absolute atomic E-state index is 0.0710. The normalized spacial score (nSPS) is 14.7. The fraction of sp³-hybridized carbons (Fsp3) is 0.269. The third-order valence-electron chi connectivity index (χ3n) is 6.35. The lowest BCUT2D eigenvalue weighted by Gasteiger charge is -2.34. The average molecular weight is 511 g/mol. The molecule has 11 heteroatoms. The van der Waals surface area contributed by atoms with Crippen LogP contribution >= 0.6 is 0 Å². The number of rotatable bonds is 5. The lowest BCUT2D eigenvalue weighted by molar-refractivity contribution is -0.137. The maximum absolute atomic E-state index is 13.7. The number of carbonyl (C=O) groups excluding carboxylic acids is 1. The predicted molar refractivity (Wildman–Crippen MR) is 134 cm³/mol. The number of piperazine rings is 1. The third-order valence-corrected chi connectivity index (χ3v) is 6.35. The van der Waals surface area contributed by atoms with Gasteiger partial charge in [-0.2, -0.15) is 13.2 Å². The molecule has 0 saturated carbocycles. The molecule has 4 aromatic rings. The number of halogens is 3. The monoisotopic (exact) mass is 510 g/mol. The quantitative estimate of drug-likeness (QED) is 0.390. The molecule has 192 valence electrons. The molecule has 1 aliphatic rings. The van der Waals surface area contributed by atoms with Crippen LogP contribution in [0.5, 0.6) is 11.6 Å². The molecule has 2 aromatic heterocycles. The number of carbonyl (C=O) groups is 1. The van der Waals surface area contributed by atoms with Crippen molar-refractivity contribution in [3.05, 3.63) is 71.7 Å². The number of ether oxygens (including phenoxy) is 1. The Balaban J connectivity index is 1.41. The lowest BCUT2D eigenvalue weighted by Crippen LogP contribution is -2.44. The predicted octanol–water partition coefficient (Wildman–Crippen LogP) is 5.08. The van der Waals surface area contributed by atoms with Crippen molar-refractivity contribution in [3.63, 3.8) is 0 Å². The zero-order valence-electron chi connectivity index (χ0n) is 20.3. The van der Waals surface area contributed by atoms with E-state index in [4.69, 9.17) is 4.74 Å². The number of anilines is 2. The van der Waals surface area contributed by atoms with Gasteiger partial charge in [-0.05, 0) is 55.9 Å². The Kier molecular flexibility index (Phi) is 6.46. The Bertz CT molecular complexity index is 1440. The van der Waals surface area contributed by atoms with Crippen molar-refractivity contribution < 1.29 is 22.7 Å². The van der Waals surface area contributed by atoms with Crippen LogP contribution in [0.4, 0.5) is 24.5 Å². The summed E-state index contributed by atoms with van der Waals surface area (Å²) in [6, 6.07) is 10.3. The van der Waals surface area contributed by atoms with E-state index >= 15 is 0 Å². The van der Waals surface area contributed by atoms with Crippen molar-refractivity contribution in [1.29, 1.82) is 0 Å². The summed E-state index contributed by atoms with van der Waals surface area (Å²) in [7, 11) is 1.97. The molecule has 8 nitrogen and oxygen atoms in total. The summed E-state index contributed by atoms with van der Waals surface area (Å²) in [4.78, 5) is 28.4. The molecule has 0 bridgehead atoms. The van der Waals surface area contributed by atoms with E-state index in [1.54, 1.807) is 36.5 Å². The Morgan fingerprint density at radius 3 is 2.59 bits per heavy atom. The van der Waals surface area contributed by atoms with Crippen LogP contribution in [0.25, 0.3) is 11.0 Å². The van der Waals surface area contributed by atoms with Gasteiger partial charge in [-0.3, -0.25) is 4.79 Å². The second-order valence-electron chi connectivity index (χ2n) is 9.01. The highest BCUT2D eigenvalue weighted by molar-refractivity contribution is 6.05. The first-order chi connectivity index (χ1) is 17.7. The summed E-state index contributed by atoms with van der Waals surface area (Å²) >= 11 is 0. The van der Waals surface area contributed by atoms with E-state index in [-0.39, 0.29) is 11.3 Å². The highest BCUT2D eigenvalue weighted by Crippen LogP contribution is 2.35. The number of aromatic amines is 1. The smallest absolute Gasteiger partial charge is 0.416 e. The van der Waals surface area contributed by atoms with Crippen molar-refractivity contribution in [2.45, 2.75) is 13.1 Å². The van der Waals surface area contributed by atoms with Crippen LogP contribution in [0, 0.1) is 6.92 Å². The van der Waals surface area contributed by atoms with Gasteiger partial charge in [0.1, 0.15) is 17.7 Å². The van der Waals surface area contributed by atoms with Crippen LogP contribution in [0.3, 0.4) is 0 Å². The first kappa shape index (κ1) is 24.6. The van der Waals surface area contributed by atoms with Crippen LogP contribution in [-0.2, 0) is 6.18 Å². The molecule has 2 N–H and O–H groups in total. The molecule has 0 radical (unpaired) electrons. The summed E-state index contributed by atoms with van der Waals surface area (Å²) in [5.41, 5.74) is 1.28. The number of H-pyrrole nitrogens is 1. The first-order valence-electron chi connectivity index (χ1n) is 11.7. The van der Waals surface area contributed by atoms with E-state index in [1.165, 1.54) is 6.33 Å². The number of hydrogen-bond acceptors (Lipinski definition) is 6. The van der Waals surface area contributed by atoms with Crippen molar-refractivity contribution in [3.8, 4) is 11.6 Å². The highest BCUT2D eigenvalue weighted by atomic mass is 19.4. The van der Waals surface area contributed by atoms with Crippen molar-refractivity contribution >= 4 is 28.3 Å². The zero-order valence-corrected chi connectivity index (χ0v) is 20.3. The van der Waals surface area contributed by atoms with Gasteiger partial charge in [-0.1, -0.05) is 6.07 Å². The number of hydrogen-bond donors (Lipinski definition) is 2. The number of aromatic nitrogens is 3. The molecule has 1 fully saturated rings. The van der Waals surface area contributed by atoms with Crippen molar-refractivity contribution in [1.82, 2.24) is 19.9 Å². The number of amides is 1. The SMILES string of the molecule is Cc1ccc(C(=O)Nc2cc(N3CCN(C)CC3)cc(C(F)(F)F)c2)cc1Oc1ncnc2[nH]ccc12. The number of fused-ring (bicyclic) bond motifs is 1. The molecule has 37 heavy (non-hydrogen) atoms. The van der Waals surface area contributed by atoms with Crippen molar-refractivity contribution in [2.24, 2.45) is 0 Å². The van der Waals surface area contributed by atoms with E-state index in [9.17, 15) is 18.0 Å². The van der Waals surface area contributed by atoms with Gasteiger partial charge in [0.25, 0.3) is 5.91 Å². The minimum Gasteiger partial charge on any atom is -0.438 e. The molecule has 0 unspecified atom stereocenters. The minimum atomic E-state index is -4.55. The van der Waals surface area contributed by atoms with Gasteiger partial charge in [0.05, 0.1) is 10.9 Å². The van der Waals surface area contributed by atoms with E-state index < -0.39 is 17.6 Å². The third kappa shape index (κ3) is 5.36. The second-order valence-corrected chi connectivity index (χ2v) is 9.01. The van der Waals surface area contributed by atoms with Crippen molar-refractivity contribution in [2.75, 3.05) is 43.4 Å². The van der Waals surface area contributed by atoms with E-state index in [1.807, 2.05) is 18.9 Å². The first-order valence-corrected chi connectivity index (χ1v) is 11.7. The molecule has 1 aliphatic heterocycles. The Morgan fingerprint density at radius 1 is 1.05 bits per heavy atom. The van der Waals surface area contributed by atoms with E-state index in [0.717, 1.165) is 30.8 Å². The molecule has 1 amide bonds. The molecule has 3 heterocycles. The molecular formula is C26H25F3N6O2. The van der Waals surface area contributed by atoms with E-state index in [0.29, 0.717) is 41.4 Å². The summed E-state index contributed by atoms with van der Waals surface area (Å²) < 4.78 is 47.0. The van der Waals surface area contributed by atoms with Gasteiger partial charge < -0.3 is 24.8 Å². The largest absolute Gasteiger partial charge is 0.438 e. The molecular weight excluding hydrogens is 485 g/mol. The average Bonchev–Trinajstić information content (AvgIpc) is 3.35. The number of aryl methyl sites for hydroxylation is 1. The lowest BCUT2D eigenvalue weighted by atomic mass is 10.1. The summed E-state index contributed by atoms with van der Waals surface area (Å²) in [5.74, 6) is 0.167. The van der Waals surface area contributed by atoms with Crippen LogP contribution in [0.1, 0.15) is 21.5 Å². The van der Waals surface area contributed by atoms with Crippen LogP contribution in [0.15, 0.2) is 55.0 Å². The maximum Gasteiger partial charge on any atom is 0.416 e. The van der Waals surface area contributed by atoms with Crippen LogP contribution in [0.2, 0.25) is 0 Å². The summed E-state index contributed by atoms with van der Waals surface area (Å²) in [6.45, 7) is 4.50. The second kappa shape index (κ2) is 9.74.